The lowest BCUT2D eigenvalue weighted by atomic mass is 9.86. The van der Waals surface area contributed by atoms with E-state index in [0.717, 1.165) is 24.9 Å². The van der Waals surface area contributed by atoms with Crippen LogP contribution in [0.15, 0.2) is 30.5 Å². The van der Waals surface area contributed by atoms with Crippen LogP contribution in [0.4, 0.5) is 16.9 Å². The summed E-state index contributed by atoms with van der Waals surface area (Å²) in [5.74, 6) is -0.748. The predicted molar refractivity (Wildman–Crippen MR) is 150 cm³/mol. The highest BCUT2D eigenvalue weighted by Crippen LogP contribution is 2.38. The highest BCUT2D eigenvalue weighted by Gasteiger charge is 2.33. The van der Waals surface area contributed by atoms with Gasteiger partial charge in [0, 0.05) is 12.6 Å². The molecule has 11 nitrogen and oxygen atoms in total. The van der Waals surface area contributed by atoms with E-state index in [4.69, 9.17) is 14.7 Å². The van der Waals surface area contributed by atoms with Gasteiger partial charge in [-0.15, -0.1) is 0 Å². The van der Waals surface area contributed by atoms with Crippen LogP contribution >= 0.6 is 11.3 Å². The van der Waals surface area contributed by atoms with Crippen LogP contribution in [-0.4, -0.2) is 51.6 Å². The number of ether oxygens (including phenoxy) is 1. The average Bonchev–Trinajstić information content (AvgIpc) is 3.63. The predicted octanol–water partition coefficient (Wildman–Crippen LogP) is 4.58. The van der Waals surface area contributed by atoms with Gasteiger partial charge in [-0.05, 0) is 51.0 Å². The van der Waals surface area contributed by atoms with Crippen LogP contribution in [0.2, 0.25) is 0 Å². The molecule has 1 aliphatic carbocycles. The Balaban J connectivity index is 1.49. The summed E-state index contributed by atoms with van der Waals surface area (Å²) in [6, 6.07) is 10.4. The lowest BCUT2D eigenvalue weighted by Crippen LogP contribution is -2.39. The van der Waals surface area contributed by atoms with Crippen LogP contribution in [0.1, 0.15) is 71.1 Å². The number of carboxylic acids is 1. The van der Waals surface area contributed by atoms with Crippen molar-refractivity contribution >= 4 is 40.1 Å². The van der Waals surface area contributed by atoms with Gasteiger partial charge in [0.25, 0.3) is 5.91 Å². The SMILES string of the molecule is COc1c(Nc2ncc(C#N)s2)nc(N2CCC[C@H]2c2ccc(C)cc2)nc1C(=O)N[C@H]1CC[C@H](C(=O)O)CC1. The molecular weight excluding hydrogens is 530 g/mol. The number of rotatable bonds is 8. The molecule has 2 aliphatic rings. The molecule has 12 heteroatoms. The lowest BCUT2D eigenvalue weighted by Gasteiger charge is -2.28. The third kappa shape index (κ3) is 5.84. The molecule has 2 aromatic heterocycles. The summed E-state index contributed by atoms with van der Waals surface area (Å²) in [4.78, 5) is 41.3. The number of benzene rings is 1. The topological polar surface area (TPSA) is 153 Å². The molecule has 1 aliphatic heterocycles. The minimum Gasteiger partial charge on any atom is -0.491 e. The molecule has 3 heterocycles. The molecular formula is C28H31N7O4S. The molecule has 1 aromatic carbocycles. The summed E-state index contributed by atoms with van der Waals surface area (Å²) in [7, 11) is 1.45. The minimum absolute atomic E-state index is 0.0501. The van der Waals surface area contributed by atoms with E-state index in [1.165, 1.54) is 30.2 Å². The fraction of sp³-hybridized carbons (Fsp3) is 0.429. The fourth-order valence-corrected chi connectivity index (χ4v) is 5.98. The van der Waals surface area contributed by atoms with Crippen molar-refractivity contribution in [1.82, 2.24) is 20.3 Å². The highest BCUT2D eigenvalue weighted by atomic mass is 32.1. The molecule has 0 bridgehead atoms. The Morgan fingerprint density at radius 1 is 1.15 bits per heavy atom. The van der Waals surface area contributed by atoms with Crippen LogP contribution in [-0.2, 0) is 4.79 Å². The molecule has 2 fully saturated rings. The molecule has 5 rings (SSSR count). The van der Waals surface area contributed by atoms with Gasteiger partial charge in [-0.1, -0.05) is 41.2 Å². The molecule has 0 unspecified atom stereocenters. The summed E-state index contributed by atoms with van der Waals surface area (Å²) < 4.78 is 5.65. The third-order valence-corrected chi connectivity index (χ3v) is 8.32. The number of amides is 1. The second kappa shape index (κ2) is 11.9. The molecule has 0 spiro atoms. The van der Waals surface area contributed by atoms with Gasteiger partial charge >= 0.3 is 5.97 Å². The number of thiazole rings is 1. The monoisotopic (exact) mass is 561 g/mol. The first kappa shape index (κ1) is 27.3. The second-order valence-corrected chi connectivity index (χ2v) is 11.2. The number of nitriles is 1. The maximum atomic E-state index is 13.6. The van der Waals surface area contributed by atoms with E-state index in [1.807, 2.05) is 0 Å². The summed E-state index contributed by atoms with van der Waals surface area (Å²) in [5.41, 5.74) is 2.41. The first-order valence-electron chi connectivity index (χ1n) is 13.3. The number of nitrogens with zero attached hydrogens (tertiary/aromatic N) is 5. The quantitative estimate of drug-likeness (QED) is 0.356. The maximum Gasteiger partial charge on any atom is 0.306 e. The number of nitrogens with one attached hydrogen (secondary N) is 2. The van der Waals surface area contributed by atoms with E-state index in [0.29, 0.717) is 41.6 Å². The van der Waals surface area contributed by atoms with Crippen molar-refractivity contribution in [2.75, 3.05) is 23.9 Å². The third-order valence-electron chi connectivity index (χ3n) is 7.50. The number of methoxy groups -OCH3 is 1. The Labute approximate surface area is 236 Å². The zero-order valence-electron chi connectivity index (χ0n) is 22.4. The number of anilines is 3. The number of aryl methyl sites for hydroxylation is 1. The maximum absolute atomic E-state index is 13.6. The fourth-order valence-electron chi connectivity index (χ4n) is 5.36. The van der Waals surface area contributed by atoms with Gasteiger partial charge < -0.3 is 25.4 Å². The Kier molecular flexibility index (Phi) is 8.11. The largest absolute Gasteiger partial charge is 0.491 e. The summed E-state index contributed by atoms with van der Waals surface area (Å²) >= 11 is 1.17. The number of hydrogen-bond acceptors (Lipinski definition) is 10. The molecule has 208 valence electrons. The van der Waals surface area contributed by atoms with Gasteiger partial charge in [0.05, 0.1) is 25.3 Å². The molecule has 40 heavy (non-hydrogen) atoms. The molecule has 3 N–H and O–H groups in total. The molecule has 1 saturated heterocycles. The molecule has 0 radical (unpaired) electrons. The van der Waals surface area contributed by atoms with Crippen LogP contribution in [0.25, 0.3) is 0 Å². The molecule has 1 atom stereocenters. The molecule has 1 amide bonds. The van der Waals surface area contributed by atoms with Crippen molar-refractivity contribution in [2.24, 2.45) is 5.92 Å². The Hall–Kier alpha value is -4.24. The van der Waals surface area contributed by atoms with Crippen LogP contribution in [0.3, 0.4) is 0 Å². The summed E-state index contributed by atoms with van der Waals surface area (Å²) in [5, 5.41) is 25.2. The van der Waals surface area contributed by atoms with Crippen molar-refractivity contribution in [2.45, 2.75) is 57.5 Å². The Morgan fingerprint density at radius 3 is 2.55 bits per heavy atom. The first-order chi connectivity index (χ1) is 19.4. The van der Waals surface area contributed by atoms with Crippen LogP contribution in [0.5, 0.6) is 5.75 Å². The van der Waals surface area contributed by atoms with Gasteiger partial charge in [0.2, 0.25) is 5.95 Å². The van der Waals surface area contributed by atoms with Gasteiger partial charge in [0.15, 0.2) is 22.4 Å². The van der Waals surface area contributed by atoms with E-state index in [2.05, 4.69) is 57.8 Å². The number of hydrogen-bond donors (Lipinski definition) is 3. The molecule has 1 saturated carbocycles. The number of carbonyl (C=O) groups excluding carboxylic acids is 1. The van der Waals surface area contributed by atoms with Gasteiger partial charge in [-0.25, -0.2) is 9.97 Å². The van der Waals surface area contributed by atoms with E-state index in [-0.39, 0.29) is 35.3 Å². The minimum atomic E-state index is -0.793. The van der Waals surface area contributed by atoms with E-state index in [9.17, 15) is 20.0 Å². The lowest BCUT2D eigenvalue weighted by molar-refractivity contribution is -0.142. The number of carbonyl (C=O) groups is 2. The van der Waals surface area contributed by atoms with Crippen LogP contribution < -0.4 is 20.3 Å². The highest BCUT2D eigenvalue weighted by molar-refractivity contribution is 7.16. The zero-order chi connectivity index (χ0) is 28.2. The van der Waals surface area contributed by atoms with Crippen molar-refractivity contribution in [3.63, 3.8) is 0 Å². The van der Waals surface area contributed by atoms with Crippen LogP contribution in [0, 0.1) is 24.2 Å². The van der Waals surface area contributed by atoms with Gasteiger partial charge in [0.1, 0.15) is 10.9 Å². The van der Waals surface area contributed by atoms with E-state index in [1.54, 1.807) is 0 Å². The van der Waals surface area contributed by atoms with Crippen molar-refractivity contribution in [1.29, 1.82) is 5.26 Å². The van der Waals surface area contributed by atoms with Crippen molar-refractivity contribution < 1.29 is 19.4 Å². The number of aromatic nitrogens is 3. The zero-order valence-corrected chi connectivity index (χ0v) is 23.2. The first-order valence-corrected chi connectivity index (χ1v) is 14.1. The van der Waals surface area contributed by atoms with Gasteiger partial charge in [-0.2, -0.15) is 10.2 Å². The van der Waals surface area contributed by atoms with Gasteiger partial charge in [-0.3, -0.25) is 9.59 Å². The summed E-state index contributed by atoms with van der Waals surface area (Å²) in [6.07, 6.45) is 5.51. The van der Waals surface area contributed by atoms with Crippen molar-refractivity contribution in [3.8, 4) is 11.8 Å². The van der Waals surface area contributed by atoms with E-state index >= 15 is 0 Å². The Morgan fingerprint density at radius 2 is 1.90 bits per heavy atom. The van der Waals surface area contributed by atoms with Crippen molar-refractivity contribution in [3.05, 3.63) is 52.2 Å². The number of aliphatic carboxylic acids is 1. The van der Waals surface area contributed by atoms with E-state index < -0.39 is 11.9 Å². The Bertz CT molecular complexity index is 1430. The average molecular weight is 562 g/mol. The number of carboxylic acid groups (broad SMARTS) is 1. The molecule has 3 aromatic rings. The summed E-state index contributed by atoms with van der Waals surface area (Å²) in [6.45, 7) is 2.77. The smallest absolute Gasteiger partial charge is 0.306 e. The normalized spacial score (nSPS) is 20.5. The standard InChI is InChI=1S/C28H31N7O4S/c1-16-5-7-17(8-6-16)21-4-3-13-35(21)27-32-22(25(36)31-19-11-9-18(10-12-19)26(37)38)23(39-2)24(33-27)34-28-30-15-20(14-29)40-28/h5-8,15,18-19,21H,3-4,9-13H2,1-2H3,(H,31,36)(H,37,38)(H,30,32,33,34)/t18-,19-,21-/m0/s1. The second-order valence-electron chi connectivity index (χ2n) is 10.1.